The molecular formula is C21H18ClFN2O4. The molecule has 0 saturated carbocycles. The lowest BCUT2D eigenvalue weighted by Crippen LogP contribution is -2.32. The second-order valence-corrected chi connectivity index (χ2v) is 6.66. The van der Waals surface area contributed by atoms with Crippen LogP contribution in [-0.4, -0.2) is 24.4 Å². The first-order chi connectivity index (χ1) is 13.9. The number of anilines is 2. The summed E-state index contributed by atoms with van der Waals surface area (Å²) in [5.41, 5.74) is 0.133. The summed E-state index contributed by atoms with van der Waals surface area (Å²) in [6, 6.07) is 11.6. The van der Waals surface area contributed by atoms with Gasteiger partial charge in [-0.05, 0) is 36.8 Å². The molecule has 0 bridgehead atoms. The van der Waals surface area contributed by atoms with Crippen molar-refractivity contribution in [1.29, 1.82) is 0 Å². The molecule has 0 radical (unpaired) electrons. The number of benzene rings is 2. The van der Waals surface area contributed by atoms with E-state index >= 15 is 0 Å². The van der Waals surface area contributed by atoms with E-state index in [1.807, 2.05) is 6.92 Å². The summed E-state index contributed by atoms with van der Waals surface area (Å²) < 4.78 is 19.1. The second-order valence-electron chi connectivity index (χ2n) is 6.28. The smallest absolute Gasteiger partial charge is 0.338 e. The largest absolute Gasteiger partial charge is 0.462 e. The van der Waals surface area contributed by atoms with E-state index in [2.05, 4.69) is 5.32 Å². The zero-order chi connectivity index (χ0) is 21.0. The van der Waals surface area contributed by atoms with Crippen LogP contribution < -0.4 is 10.2 Å². The molecule has 1 aliphatic heterocycles. The number of nitrogens with zero attached hydrogens (tertiary/aromatic N) is 1. The minimum Gasteiger partial charge on any atom is -0.462 e. The van der Waals surface area contributed by atoms with Crippen LogP contribution in [0, 0.1) is 5.82 Å². The van der Waals surface area contributed by atoms with Crippen molar-refractivity contribution in [1.82, 2.24) is 0 Å². The fourth-order valence-electron chi connectivity index (χ4n) is 2.71. The molecule has 0 fully saturated rings. The minimum absolute atomic E-state index is 0.0110. The number of rotatable bonds is 7. The van der Waals surface area contributed by atoms with Crippen molar-refractivity contribution >= 4 is 40.8 Å². The first kappa shape index (κ1) is 20.5. The van der Waals surface area contributed by atoms with E-state index in [0.29, 0.717) is 0 Å². The topological polar surface area (TPSA) is 75.7 Å². The molecule has 0 spiro atoms. The van der Waals surface area contributed by atoms with Crippen molar-refractivity contribution in [3.63, 3.8) is 0 Å². The van der Waals surface area contributed by atoms with Crippen LogP contribution in [0.25, 0.3) is 0 Å². The van der Waals surface area contributed by atoms with E-state index < -0.39 is 23.6 Å². The van der Waals surface area contributed by atoms with Gasteiger partial charge in [0.15, 0.2) is 0 Å². The number of halogens is 2. The molecule has 1 heterocycles. The van der Waals surface area contributed by atoms with Crippen molar-refractivity contribution < 1.29 is 23.5 Å². The van der Waals surface area contributed by atoms with Crippen LogP contribution in [-0.2, 0) is 14.3 Å². The van der Waals surface area contributed by atoms with E-state index in [9.17, 15) is 18.8 Å². The highest BCUT2D eigenvalue weighted by atomic mass is 35.5. The Kier molecular flexibility index (Phi) is 6.29. The predicted molar refractivity (Wildman–Crippen MR) is 107 cm³/mol. The van der Waals surface area contributed by atoms with Crippen LogP contribution in [0.2, 0.25) is 0 Å². The summed E-state index contributed by atoms with van der Waals surface area (Å²) in [5, 5.41) is 2.21. The normalized spacial score (nSPS) is 13.8. The van der Waals surface area contributed by atoms with Crippen LogP contribution in [0.4, 0.5) is 15.8 Å². The number of imide groups is 1. The Morgan fingerprint density at radius 2 is 1.90 bits per heavy atom. The minimum atomic E-state index is -0.771. The Hall–Kier alpha value is -3.19. The first-order valence-electron chi connectivity index (χ1n) is 9.01. The van der Waals surface area contributed by atoms with Crippen molar-refractivity contribution in [2.24, 2.45) is 0 Å². The van der Waals surface area contributed by atoms with Gasteiger partial charge in [-0.2, -0.15) is 0 Å². The summed E-state index contributed by atoms with van der Waals surface area (Å²) in [6.45, 7) is 2.26. The van der Waals surface area contributed by atoms with E-state index in [1.165, 1.54) is 42.5 Å². The van der Waals surface area contributed by atoms with Crippen molar-refractivity contribution in [2.75, 3.05) is 16.8 Å². The number of unbranched alkanes of at least 4 members (excludes halogenated alkanes) is 1. The number of esters is 1. The highest BCUT2D eigenvalue weighted by molar-refractivity contribution is 6.53. The van der Waals surface area contributed by atoms with Gasteiger partial charge in [0.05, 0.1) is 23.5 Å². The molecule has 0 saturated heterocycles. The Balaban J connectivity index is 1.83. The Morgan fingerprint density at radius 3 is 2.62 bits per heavy atom. The summed E-state index contributed by atoms with van der Waals surface area (Å²) in [4.78, 5) is 38.3. The monoisotopic (exact) mass is 416 g/mol. The van der Waals surface area contributed by atoms with Crippen LogP contribution in [0.3, 0.4) is 0 Å². The number of carbonyl (C=O) groups is 3. The third-order valence-corrected chi connectivity index (χ3v) is 4.58. The van der Waals surface area contributed by atoms with Crippen LogP contribution in [0.5, 0.6) is 0 Å². The number of amides is 2. The van der Waals surface area contributed by atoms with Gasteiger partial charge in [0.25, 0.3) is 11.8 Å². The molecule has 0 aliphatic carbocycles. The first-order valence-corrected chi connectivity index (χ1v) is 9.39. The zero-order valence-electron chi connectivity index (χ0n) is 15.6. The number of hydrogen-bond donors (Lipinski definition) is 1. The van der Waals surface area contributed by atoms with Gasteiger partial charge in [-0.3, -0.25) is 9.59 Å². The van der Waals surface area contributed by atoms with Crippen molar-refractivity contribution in [2.45, 2.75) is 19.8 Å². The van der Waals surface area contributed by atoms with Crippen LogP contribution in [0.1, 0.15) is 30.1 Å². The molecule has 2 amide bonds. The molecule has 0 aromatic heterocycles. The summed E-state index contributed by atoms with van der Waals surface area (Å²) in [6.07, 6.45) is 1.62. The summed E-state index contributed by atoms with van der Waals surface area (Å²) in [7, 11) is 0. The van der Waals surface area contributed by atoms with Gasteiger partial charge in [0, 0.05) is 0 Å². The molecule has 6 nitrogen and oxygen atoms in total. The number of ether oxygens (including phenoxy) is 1. The number of carbonyl (C=O) groups excluding carboxylic acids is 3. The Bertz CT molecular complexity index is 1010. The molecule has 0 atom stereocenters. The molecule has 1 aliphatic rings. The Labute approximate surface area is 171 Å². The fraction of sp³-hybridized carbons (Fsp3) is 0.190. The van der Waals surface area contributed by atoms with Gasteiger partial charge in [-0.25, -0.2) is 14.1 Å². The average Bonchev–Trinajstić information content (AvgIpc) is 2.93. The third-order valence-electron chi connectivity index (χ3n) is 4.23. The maximum atomic E-state index is 13.9. The second kappa shape index (κ2) is 8.87. The van der Waals surface area contributed by atoms with Crippen LogP contribution >= 0.6 is 11.6 Å². The van der Waals surface area contributed by atoms with Crippen molar-refractivity contribution in [3.8, 4) is 0 Å². The molecule has 1 N–H and O–H groups in total. The molecule has 8 heteroatoms. The standard InChI is InChI=1S/C21H18ClFN2O4/c1-2-3-11-29-21(28)13-7-6-8-14(12-13)25-19(26)17(22)18(20(25)27)24-16-10-5-4-9-15(16)23/h4-10,12,24H,2-3,11H2,1H3. The number of hydrogen-bond acceptors (Lipinski definition) is 5. The lowest BCUT2D eigenvalue weighted by atomic mass is 10.2. The summed E-state index contributed by atoms with van der Waals surface area (Å²) in [5.74, 6) is -2.67. The van der Waals surface area contributed by atoms with E-state index in [1.54, 1.807) is 6.07 Å². The number of para-hydroxylation sites is 1. The lowest BCUT2D eigenvalue weighted by molar-refractivity contribution is -0.120. The van der Waals surface area contributed by atoms with Gasteiger partial charge < -0.3 is 10.1 Å². The number of nitrogens with one attached hydrogen (secondary N) is 1. The molecule has 2 aromatic carbocycles. The van der Waals surface area contributed by atoms with E-state index in [-0.39, 0.29) is 34.3 Å². The molecular weight excluding hydrogens is 399 g/mol. The van der Waals surface area contributed by atoms with Gasteiger partial charge >= 0.3 is 5.97 Å². The van der Waals surface area contributed by atoms with Gasteiger partial charge in [-0.1, -0.05) is 43.1 Å². The quantitative estimate of drug-likeness (QED) is 0.415. The molecule has 0 unspecified atom stereocenters. The molecule has 3 rings (SSSR count). The molecule has 29 heavy (non-hydrogen) atoms. The molecule has 150 valence electrons. The summed E-state index contributed by atoms with van der Waals surface area (Å²) >= 11 is 6.05. The SMILES string of the molecule is CCCCOC(=O)c1cccc(N2C(=O)C(Cl)=C(Nc3ccccc3F)C2=O)c1. The van der Waals surface area contributed by atoms with Gasteiger partial charge in [0.1, 0.15) is 16.5 Å². The van der Waals surface area contributed by atoms with Gasteiger partial charge in [0.2, 0.25) is 0 Å². The van der Waals surface area contributed by atoms with Gasteiger partial charge in [-0.15, -0.1) is 0 Å². The maximum Gasteiger partial charge on any atom is 0.338 e. The van der Waals surface area contributed by atoms with E-state index in [4.69, 9.17) is 16.3 Å². The zero-order valence-corrected chi connectivity index (χ0v) is 16.3. The Morgan fingerprint density at radius 1 is 1.14 bits per heavy atom. The third kappa shape index (κ3) is 4.30. The predicted octanol–water partition coefficient (Wildman–Crippen LogP) is 4.22. The maximum absolute atomic E-state index is 13.9. The highest BCUT2D eigenvalue weighted by Gasteiger charge is 2.39. The van der Waals surface area contributed by atoms with Crippen molar-refractivity contribution in [3.05, 3.63) is 70.6 Å². The van der Waals surface area contributed by atoms with E-state index in [0.717, 1.165) is 17.7 Å². The highest BCUT2D eigenvalue weighted by Crippen LogP contribution is 2.31. The molecule has 2 aromatic rings. The fourth-order valence-corrected chi connectivity index (χ4v) is 2.92. The van der Waals surface area contributed by atoms with Crippen LogP contribution in [0.15, 0.2) is 59.3 Å². The lowest BCUT2D eigenvalue weighted by Gasteiger charge is -2.16. The average molecular weight is 417 g/mol.